The van der Waals surface area contributed by atoms with Crippen molar-refractivity contribution in [1.82, 2.24) is 0 Å². The first-order chi connectivity index (χ1) is 8.82. The van der Waals surface area contributed by atoms with Crippen LogP contribution >= 0.6 is 8.03 Å². The maximum absolute atomic E-state index is 13.4. The van der Waals surface area contributed by atoms with Gasteiger partial charge in [0.25, 0.3) is 0 Å². The first-order valence-corrected chi connectivity index (χ1v) is 6.42. The van der Waals surface area contributed by atoms with Crippen LogP contribution in [0.3, 0.4) is 0 Å². The molecule has 0 aliphatic carbocycles. The summed E-state index contributed by atoms with van der Waals surface area (Å²) in [6.45, 7) is 0. The molecule has 0 saturated heterocycles. The number of hydrogen-bond donors (Lipinski definition) is 2. The van der Waals surface area contributed by atoms with Crippen molar-refractivity contribution in [3.63, 3.8) is 0 Å². The van der Waals surface area contributed by atoms with E-state index in [1.165, 1.54) is 18.2 Å². The highest BCUT2D eigenvalue weighted by atomic mass is 31.1. The Morgan fingerprint density at radius 2 is 1.79 bits per heavy atom. The third kappa shape index (κ3) is 2.45. The van der Waals surface area contributed by atoms with Crippen molar-refractivity contribution in [2.75, 3.05) is 0 Å². The van der Waals surface area contributed by atoms with Gasteiger partial charge in [-0.15, -0.1) is 8.78 Å². The van der Waals surface area contributed by atoms with Gasteiger partial charge in [-0.1, -0.05) is 12.1 Å². The number of carbonyl (C=O) groups excluding carboxylic acids is 1. The minimum atomic E-state index is -3.83. The van der Waals surface area contributed by atoms with Gasteiger partial charge in [-0.2, -0.15) is 4.89 Å². The van der Waals surface area contributed by atoms with Gasteiger partial charge in [0.15, 0.2) is 0 Å². The summed E-state index contributed by atoms with van der Waals surface area (Å²) in [4.78, 5) is 19.7. The fourth-order valence-corrected chi connectivity index (χ4v) is 2.06. The van der Waals surface area contributed by atoms with E-state index < -0.39 is 25.2 Å². The number of nitrogens with two attached hydrogens (primary N) is 1. The molecular weight excluding hydrogens is 275 g/mol. The molecule has 3 N–H and O–H groups in total. The number of rotatable bonds is 3. The standard InChI is InChI=1S/C12H8F2NO3P/c13-12(14,19(17)18)10-4-3-7-1-2-8(11(15)16)5-9(7)6-10/h1-6H,(H2-,15,16,17,18)/p+1. The first kappa shape index (κ1) is 13.5. The summed E-state index contributed by atoms with van der Waals surface area (Å²) in [5.41, 5.74) is 0.879. The van der Waals surface area contributed by atoms with Crippen LogP contribution < -0.4 is 5.73 Å². The summed E-state index contributed by atoms with van der Waals surface area (Å²) in [6.07, 6.45) is 0. The van der Waals surface area contributed by atoms with Crippen molar-refractivity contribution in [1.29, 1.82) is 0 Å². The third-order valence-corrected chi connectivity index (χ3v) is 3.45. The molecule has 7 heteroatoms. The number of amides is 1. The minimum Gasteiger partial charge on any atom is -0.366 e. The molecule has 98 valence electrons. The van der Waals surface area contributed by atoms with Crippen LogP contribution in [0.5, 0.6) is 0 Å². The van der Waals surface area contributed by atoms with E-state index >= 15 is 0 Å². The largest absolute Gasteiger partial charge is 0.589 e. The lowest BCUT2D eigenvalue weighted by molar-refractivity contribution is 0.0816. The summed E-state index contributed by atoms with van der Waals surface area (Å²) in [5, 5.41) is 0.975. The molecule has 0 saturated carbocycles. The number of benzene rings is 2. The van der Waals surface area contributed by atoms with Crippen LogP contribution in [0.4, 0.5) is 8.78 Å². The molecule has 2 rings (SSSR count). The Morgan fingerprint density at radius 1 is 1.16 bits per heavy atom. The van der Waals surface area contributed by atoms with Gasteiger partial charge in [-0.3, -0.25) is 4.79 Å². The van der Waals surface area contributed by atoms with Gasteiger partial charge in [-0.05, 0) is 39.6 Å². The Balaban J connectivity index is 2.62. The number of hydrogen-bond acceptors (Lipinski definition) is 2. The lowest BCUT2D eigenvalue weighted by atomic mass is 10.0. The first-order valence-electron chi connectivity index (χ1n) is 5.20. The number of fused-ring (bicyclic) bond motifs is 1. The van der Waals surface area contributed by atoms with Gasteiger partial charge in [0.2, 0.25) is 5.91 Å². The van der Waals surface area contributed by atoms with E-state index in [0.29, 0.717) is 10.8 Å². The molecule has 4 nitrogen and oxygen atoms in total. The zero-order valence-electron chi connectivity index (χ0n) is 9.51. The van der Waals surface area contributed by atoms with E-state index in [4.69, 9.17) is 10.6 Å². The average Bonchev–Trinajstić information content (AvgIpc) is 2.37. The van der Waals surface area contributed by atoms with Crippen molar-refractivity contribution in [2.24, 2.45) is 5.73 Å². The molecule has 0 spiro atoms. The predicted molar refractivity (Wildman–Crippen MR) is 66.2 cm³/mol. The van der Waals surface area contributed by atoms with E-state index in [2.05, 4.69) is 0 Å². The zero-order chi connectivity index (χ0) is 14.2. The molecule has 1 amide bonds. The number of alkyl halides is 2. The van der Waals surface area contributed by atoms with Gasteiger partial charge in [0.1, 0.15) is 0 Å². The Kier molecular flexibility index (Phi) is 3.30. The molecule has 0 radical (unpaired) electrons. The second-order valence-corrected chi connectivity index (χ2v) is 5.06. The second kappa shape index (κ2) is 4.64. The van der Waals surface area contributed by atoms with E-state index in [1.807, 2.05) is 0 Å². The fraction of sp³-hybridized carbons (Fsp3) is 0.0833. The quantitative estimate of drug-likeness (QED) is 0.850. The van der Waals surface area contributed by atoms with Gasteiger partial charge in [-0.25, -0.2) is 0 Å². The predicted octanol–water partition coefficient (Wildman–Crippen LogP) is 2.72. The molecule has 0 aromatic heterocycles. The Labute approximate surface area is 107 Å². The van der Waals surface area contributed by atoms with Gasteiger partial charge < -0.3 is 5.73 Å². The molecule has 2 aromatic carbocycles. The van der Waals surface area contributed by atoms with E-state index in [1.54, 1.807) is 6.07 Å². The Hall–Kier alpha value is -1.91. The summed E-state index contributed by atoms with van der Waals surface area (Å²) in [5.74, 6) is -0.674. The van der Waals surface area contributed by atoms with Crippen molar-refractivity contribution in [2.45, 2.75) is 5.66 Å². The molecule has 0 heterocycles. The zero-order valence-corrected chi connectivity index (χ0v) is 10.4. The van der Waals surface area contributed by atoms with Crippen molar-refractivity contribution in [3.05, 3.63) is 47.5 Å². The van der Waals surface area contributed by atoms with E-state index in [9.17, 15) is 18.1 Å². The summed E-state index contributed by atoms with van der Waals surface area (Å²) < 4.78 is 37.5. The van der Waals surface area contributed by atoms with Crippen LogP contribution in [0, 0.1) is 0 Å². The lowest BCUT2D eigenvalue weighted by Crippen LogP contribution is -2.10. The van der Waals surface area contributed by atoms with Crippen LogP contribution in [0.15, 0.2) is 36.4 Å². The van der Waals surface area contributed by atoms with Gasteiger partial charge >= 0.3 is 13.7 Å². The van der Waals surface area contributed by atoms with Crippen molar-refractivity contribution >= 4 is 24.7 Å². The molecule has 1 atom stereocenters. The summed E-state index contributed by atoms with van der Waals surface area (Å²) in [6, 6.07) is 7.95. The highest BCUT2D eigenvalue weighted by molar-refractivity contribution is 7.39. The van der Waals surface area contributed by atoms with Crippen LogP contribution in [-0.2, 0) is 10.2 Å². The molecule has 0 aliphatic heterocycles. The van der Waals surface area contributed by atoms with Crippen molar-refractivity contribution < 1.29 is 23.0 Å². The molecule has 19 heavy (non-hydrogen) atoms. The van der Waals surface area contributed by atoms with Gasteiger partial charge in [0.05, 0.1) is 5.56 Å². The minimum absolute atomic E-state index is 0.182. The van der Waals surface area contributed by atoms with Crippen molar-refractivity contribution in [3.8, 4) is 0 Å². The molecule has 1 unspecified atom stereocenters. The normalized spacial score (nSPS) is 12.5. The number of carbonyl (C=O) groups is 1. The molecule has 0 aliphatic rings. The topological polar surface area (TPSA) is 80.4 Å². The number of halogens is 2. The summed E-state index contributed by atoms with van der Waals surface area (Å²) in [7, 11) is -3.67. The highest BCUT2D eigenvalue weighted by Crippen LogP contribution is 2.47. The molecule has 2 aromatic rings. The molecule has 0 bridgehead atoms. The maximum atomic E-state index is 13.4. The lowest BCUT2D eigenvalue weighted by Gasteiger charge is -2.06. The van der Waals surface area contributed by atoms with E-state index in [-0.39, 0.29) is 5.56 Å². The number of primary amides is 1. The monoisotopic (exact) mass is 284 g/mol. The fourth-order valence-electron chi connectivity index (χ4n) is 1.70. The third-order valence-electron chi connectivity index (χ3n) is 2.71. The maximum Gasteiger partial charge on any atom is 0.589 e. The van der Waals surface area contributed by atoms with Crippen LogP contribution in [0.25, 0.3) is 10.8 Å². The second-order valence-electron chi connectivity index (χ2n) is 3.96. The molecule has 0 fully saturated rings. The summed E-state index contributed by atoms with van der Waals surface area (Å²) >= 11 is 0. The SMILES string of the molecule is NC(=O)c1ccc2ccc(C(F)(F)[P+](=O)O)cc2c1. The Bertz CT molecular complexity index is 688. The smallest absolute Gasteiger partial charge is 0.366 e. The molecular formula is C12H9F2NO3P+. The van der Waals surface area contributed by atoms with Crippen LogP contribution in [0.2, 0.25) is 0 Å². The highest BCUT2D eigenvalue weighted by Gasteiger charge is 2.53. The van der Waals surface area contributed by atoms with Crippen LogP contribution in [0.1, 0.15) is 15.9 Å². The van der Waals surface area contributed by atoms with E-state index in [0.717, 1.165) is 12.1 Å². The van der Waals surface area contributed by atoms with Gasteiger partial charge in [0, 0.05) is 5.56 Å². The average molecular weight is 284 g/mol. The van der Waals surface area contributed by atoms with Crippen LogP contribution in [-0.4, -0.2) is 10.8 Å². The Morgan fingerprint density at radius 3 is 2.37 bits per heavy atom.